The van der Waals surface area contributed by atoms with E-state index < -0.39 is 12.0 Å². The molecular weight excluding hydrogens is 428 g/mol. The Bertz CT molecular complexity index is 1000. The van der Waals surface area contributed by atoms with Gasteiger partial charge in [0.1, 0.15) is 12.6 Å². The van der Waals surface area contributed by atoms with Crippen molar-refractivity contribution in [3.63, 3.8) is 0 Å². The Morgan fingerprint density at radius 3 is 2.84 bits per heavy atom. The highest BCUT2D eigenvalue weighted by Gasteiger charge is 2.35. The molecule has 0 saturated heterocycles. The Morgan fingerprint density at radius 2 is 2.16 bits per heavy atom. The molecule has 0 bridgehead atoms. The normalized spacial score (nSPS) is 15.1. The van der Waals surface area contributed by atoms with E-state index in [1.54, 1.807) is 17.9 Å². The first-order valence-electron chi connectivity index (χ1n) is 10.7. The van der Waals surface area contributed by atoms with Crippen LogP contribution in [0.3, 0.4) is 0 Å². The maximum atomic E-state index is 13.0. The summed E-state index contributed by atoms with van der Waals surface area (Å²) in [7, 11) is 1.60. The summed E-state index contributed by atoms with van der Waals surface area (Å²) < 4.78 is 18.6. The number of methoxy groups -OCH3 is 1. The van der Waals surface area contributed by atoms with Gasteiger partial charge in [-0.1, -0.05) is 50.8 Å². The third-order valence-electron chi connectivity index (χ3n) is 4.92. The first-order valence-corrected chi connectivity index (χ1v) is 11.7. The zero-order valence-corrected chi connectivity index (χ0v) is 19.8. The van der Waals surface area contributed by atoms with Crippen LogP contribution in [0, 0.1) is 0 Å². The highest BCUT2D eigenvalue weighted by Crippen LogP contribution is 2.39. The van der Waals surface area contributed by atoms with Crippen molar-refractivity contribution in [2.45, 2.75) is 44.8 Å². The van der Waals surface area contributed by atoms with Crippen LogP contribution in [0.1, 0.15) is 45.2 Å². The van der Waals surface area contributed by atoms with Gasteiger partial charge in [0, 0.05) is 5.70 Å². The third-order valence-corrected chi connectivity index (χ3v) is 5.64. The van der Waals surface area contributed by atoms with E-state index >= 15 is 0 Å². The predicted octanol–water partition coefficient (Wildman–Crippen LogP) is 4.60. The fraction of sp³-hybridized carbons (Fsp3) is 0.435. The molecule has 32 heavy (non-hydrogen) atoms. The largest absolute Gasteiger partial charge is 0.493 e. The maximum absolute atomic E-state index is 13.0. The van der Waals surface area contributed by atoms with Gasteiger partial charge in [-0.2, -0.15) is 4.98 Å². The third kappa shape index (κ3) is 5.09. The van der Waals surface area contributed by atoms with Crippen LogP contribution in [0.5, 0.6) is 11.5 Å². The number of benzene rings is 1. The van der Waals surface area contributed by atoms with Crippen LogP contribution >= 0.6 is 11.8 Å². The van der Waals surface area contributed by atoms with Crippen LogP contribution in [-0.2, 0) is 9.53 Å². The molecule has 2 aromatic rings. The highest BCUT2D eigenvalue weighted by molar-refractivity contribution is 7.99. The van der Waals surface area contributed by atoms with Gasteiger partial charge >= 0.3 is 5.97 Å². The van der Waals surface area contributed by atoms with E-state index in [1.165, 1.54) is 11.8 Å². The molecule has 1 aliphatic heterocycles. The monoisotopic (exact) mass is 458 g/mol. The summed E-state index contributed by atoms with van der Waals surface area (Å²) in [4.78, 5) is 17.6. The topological polar surface area (TPSA) is 87.5 Å². The van der Waals surface area contributed by atoms with E-state index in [0.29, 0.717) is 40.5 Å². The molecule has 172 valence electrons. The molecule has 2 heterocycles. The number of rotatable bonds is 11. The van der Waals surface area contributed by atoms with E-state index in [4.69, 9.17) is 14.2 Å². The molecular formula is C23H30N4O4S. The Kier molecular flexibility index (Phi) is 8.21. The minimum atomic E-state index is -0.527. The standard InChI is InChI=1S/C23H30N4O4S/c1-6-9-13-30-17-11-10-16(14-18(17)29-5)20-19(21(28)31-12-7-2)15(4)24-22-25-23(32-8-3)26-27(20)22/h7,10-11,14,20H,2,6,8-9,12-13H2,1,3-5H3,(H,24,25,26). The first kappa shape index (κ1) is 23.7. The molecule has 0 fully saturated rings. The Hall–Kier alpha value is -2.94. The number of carbonyl (C=O) groups excluding carboxylic acids is 1. The lowest BCUT2D eigenvalue weighted by Gasteiger charge is -2.28. The molecule has 0 aliphatic carbocycles. The number of fused-ring (bicyclic) bond motifs is 1. The van der Waals surface area contributed by atoms with Crippen LogP contribution in [0.4, 0.5) is 5.95 Å². The molecule has 0 radical (unpaired) electrons. The lowest BCUT2D eigenvalue weighted by Crippen LogP contribution is -2.29. The molecule has 1 N–H and O–H groups in total. The van der Waals surface area contributed by atoms with Crippen molar-refractivity contribution in [2.75, 3.05) is 31.4 Å². The van der Waals surface area contributed by atoms with Gasteiger partial charge in [-0.15, -0.1) is 5.10 Å². The second kappa shape index (κ2) is 11.1. The number of hydrogen-bond donors (Lipinski definition) is 1. The molecule has 9 heteroatoms. The number of esters is 1. The number of nitrogens with zero attached hydrogens (tertiary/aromatic N) is 3. The number of nitrogens with one attached hydrogen (secondary N) is 1. The fourth-order valence-corrected chi connectivity index (χ4v) is 3.96. The molecule has 0 spiro atoms. The number of thioether (sulfide) groups is 1. The van der Waals surface area contributed by atoms with Crippen LogP contribution in [-0.4, -0.2) is 46.8 Å². The lowest BCUT2D eigenvalue weighted by molar-refractivity contribution is -0.138. The summed E-state index contributed by atoms with van der Waals surface area (Å²) >= 11 is 1.54. The zero-order valence-electron chi connectivity index (χ0n) is 19.0. The van der Waals surface area contributed by atoms with Crippen molar-refractivity contribution in [3.05, 3.63) is 47.7 Å². The molecule has 3 rings (SSSR count). The summed E-state index contributed by atoms with van der Waals surface area (Å²) in [5, 5.41) is 8.49. The number of ether oxygens (including phenoxy) is 3. The van der Waals surface area contributed by atoms with Gasteiger partial charge < -0.3 is 19.5 Å². The maximum Gasteiger partial charge on any atom is 0.338 e. The lowest BCUT2D eigenvalue weighted by atomic mass is 9.95. The van der Waals surface area contributed by atoms with Crippen molar-refractivity contribution in [1.29, 1.82) is 0 Å². The first-order chi connectivity index (χ1) is 15.5. The quantitative estimate of drug-likeness (QED) is 0.226. The second-order valence-corrected chi connectivity index (χ2v) is 8.39. The van der Waals surface area contributed by atoms with E-state index in [0.717, 1.165) is 24.2 Å². The molecule has 1 aromatic heterocycles. The van der Waals surface area contributed by atoms with Gasteiger partial charge in [0.15, 0.2) is 11.5 Å². The van der Waals surface area contributed by atoms with E-state index in [1.807, 2.05) is 32.0 Å². The van der Waals surface area contributed by atoms with Gasteiger partial charge in [0.05, 0.1) is 19.3 Å². The van der Waals surface area contributed by atoms with Crippen molar-refractivity contribution < 1.29 is 19.0 Å². The highest BCUT2D eigenvalue weighted by atomic mass is 32.2. The number of unbranched alkanes of at least 4 members (excludes halogenated alkanes) is 1. The summed E-state index contributed by atoms with van der Waals surface area (Å²) in [5.74, 6) is 2.24. The smallest absolute Gasteiger partial charge is 0.338 e. The molecule has 1 aromatic carbocycles. The van der Waals surface area contributed by atoms with Crippen molar-refractivity contribution in [1.82, 2.24) is 14.8 Å². The van der Waals surface area contributed by atoms with Gasteiger partial charge in [0.2, 0.25) is 11.1 Å². The molecule has 0 saturated carbocycles. The molecule has 1 atom stereocenters. The molecule has 1 unspecified atom stereocenters. The second-order valence-electron chi connectivity index (χ2n) is 7.16. The average Bonchev–Trinajstić information content (AvgIpc) is 3.19. The van der Waals surface area contributed by atoms with Crippen LogP contribution in [0.25, 0.3) is 0 Å². The SMILES string of the molecule is C=CCOC(=O)C1=C(C)Nc2nc(SCC)nn2C1c1ccc(OCCCC)c(OC)c1. The Labute approximate surface area is 193 Å². The molecule has 1 aliphatic rings. The summed E-state index contributed by atoms with van der Waals surface area (Å²) in [6, 6.07) is 5.14. The zero-order chi connectivity index (χ0) is 23.1. The van der Waals surface area contributed by atoms with Gasteiger partial charge in [0.25, 0.3) is 0 Å². The van der Waals surface area contributed by atoms with Crippen molar-refractivity contribution in [2.24, 2.45) is 0 Å². The van der Waals surface area contributed by atoms with Gasteiger partial charge in [-0.05, 0) is 36.8 Å². The van der Waals surface area contributed by atoms with E-state index in [-0.39, 0.29) is 6.61 Å². The summed E-state index contributed by atoms with van der Waals surface area (Å²) in [6.45, 7) is 10.4. The number of anilines is 1. The summed E-state index contributed by atoms with van der Waals surface area (Å²) in [5.41, 5.74) is 1.94. The Balaban J connectivity index is 2.06. The summed E-state index contributed by atoms with van der Waals surface area (Å²) in [6.07, 6.45) is 3.55. The van der Waals surface area contributed by atoms with Crippen LogP contribution in [0.15, 0.2) is 47.3 Å². The molecule has 0 amide bonds. The number of carbonyl (C=O) groups is 1. The fourth-order valence-electron chi connectivity index (χ4n) is 3.41. The minimum absolute atomic E-state index is 0.122. The van der Waals surface area contributed by atoms with Gasteiger partial charge in [-0.3, -0.25) is 0 Å². The number of aromatic nitrogens is 3. The Morgan fingerprint density at radius 1 is 1.34 bits per heavy atom. The van der Waals surface area contributed by atoms with Crippen LogP contribution in [0.2, 0.25) is 0 Å². The average molecular weight is 459 g/mol. The van der Waals surface area contributed by atoms with E-state index in [9.17, 15) is 4.79 Å². The van der Waals surface area contributed by atoms with E-state index in [2.05, 4.69) is 28.9 Å². The predicted molar refractivity (Wildman–Crippen MR) is 125 cm³/mol. The van der Waals surface area contributed by atoms with Crippen molar-refractivity contribution in [3.8, 4) is 11.5 Å². The molecule has 8 nitrogen and oxygen atoms in total. The van der Waals surface area contributed by atoms with Crippen LogP contribution < -0.4 is 14.8 Å². The van der Waals surface area contributed by atoms with Crippen molar-refractivity contribution >= 4 is 23.7 Å². The minimum Gasteiger partial charge on any atom is -0.493 e. The number of hydrogen-bond acceptors (Lipinski definition) is 8. The number of allylic oxidation sites excluding steroid dienone is 1. The van der Waals surface area contributed by atoms with Gasteiger partial charge in [-0.25, -0.2) is 9.48 Å².